The number of aromatic hydroxyl groups is 1. The van der Waals surface area contributed by atoms with E-state index in [2.05, 4.69) is 34.4 Å². The van der Waals surface area contributed by atoms with Crippen LogP contribution in [0.25, 0.3) is 0 Å². The van der Waals surface area contributed by atoms with Crippen LogP contribution in [0.4, 0.5) is 0 Å². The van der Waals surface area contributed by atoms with Crippen molar-refractivity contribution in [1.29, 1.82) is 0 Å². The molecular weight excluding hydrogens is 274 g/mol. The van der Waals surface area contributed by atoms with E-state index < -0.39 is 0 Å². The molecule has 0 radical (unpaired) electrons. The minimum atomic E-state index is 0.349. The standard InChI is InChI=1S/C11H16BrNOS/c1-8(7-15-2)13-6-9-5-10(12)3-4-11(9)14/h3-5,8,13-14H,6-7H2,1-2H3. The van der Waals surface area contributed by atoms with Gasteiger partial charge in [0.05, 0.1) is 0 Å². The molecule has 0 saturated carbocycles. The molecule has 4 heteroatoms. The lowest BCUT2D eigenvalue weighted by atomic mass is 10.2. The SMILES string of the molecule is CSCC(C)NCc1cc(Br)ccc1O. The number of nitrogens with one attached hydrogen (secondary N) is 1. The summed E-state index contributed by atoms with van der Waals surface area (Å²) in [6.45, 7) is 2.85. The van der Waals surface area contributed by atoms with E-state index in [9.17, 15) is 5.11 Å². The molecule has 15 heavy (non-hydrogen) atoms. The Labute approximate surface area is 104 Å². The number of thioether (sulfide) groups is 1. The van der Waals surface area contributed by atoms with Crippen LogP contribution in [-0.4, -0.2) is 23.2 Å². The Morgan fingerprint density at radius 2 is 2.27 bits per heavy atom. The Kier molecular flexibility index (Phi) is 5.50. The third-order valence-corrected chi connectivity index (χ3v) is 3.43. The highest BCUT2D eigenvalue weighted by atomic mass is 79.9. The molecule has 2 N–H and O–H groups in total. The molecule has 1 aromatic carbocycles. The Balaban J connectivity index is 2.53. The number of hydrogen-bond acceptors (Lipinski definition) is 3. The first-order valence-corrected chi connectivity index (χ1v) is 7.02. The summed E-state index contributed by atoms with van der Waals surface area (Å²) in [7, 11) is 0. The van der Waals surface area contributed by atoms with Crippen molar-refractivity contribution in [1.82, 2.24) is 5.32 Å². The molecule has 0 amide bonds. The van der Waals surface area contributed by atoms with E-state index in [0.29, 0.717) is 18.3 Å². The maximum atomic E-state index is 9.61. The first-order chi connectivity index (χ1) is 7.13. The van der Waals surface area contributed by atoms with E-state index in [0.717, 1.165) is 15.8 Å². The summed E-state index contributed by atoms with van der Waals surface area (Å²) in [5, 5.41) is 13.0. The summed E-state index contributed by atoms with van der Waals surface area (Å²) in [5.41, 5.74) is 0.928. The third-order valence-electron chi connectivity index (χ3n) is 2.10. The van der Waals surface area contributed by atoms with Crippen molar-refractivity contribution in [3.63, 3.8) is 0 Å². The zero-order valence-electron chi connectivity index (χ0n) is 8.96. The van der Waals surface area contributed by atoms with E-state index in [4.69, 9.17) is 0 Å². The molecule has 84 valence electrons. The summed E-state index contributed by atoms with van der Waals surface area (Å²) < 4.78 is 0.995. The van der Waals surface area contributed by atoms with Gasteiger partial charge in [-0.2, -0.15) is 11.8 Å². The smallest absolute Gasteiger partial charge is 0.120 e. The zero-order valence-corrected chi connectivity index (χ0v) is 11.4. The lowest BCUT2D eigenvalue weighted by Gasteiger charge is -2.13. The fourth-order valence-corrected chi connectivity index (χ4v) is 2.32. The minimum absolute atomic E-state index is 0.349. The van der Waals surface area contributed by atoms with Gasteiger partial charge >= 0.3 is 0 Å². The van der Waals surface area contributed by atoms with E-state index >= 15 is 0 Å². The van der Waals surface area contributed by atoms with Gasteiger partial charge in [-0.25, -0.2) is 0 Å². The predicted molar refractivity (Wildman–Crippen MR) is 70.5 cm³/mol. The van der Waals surface area contributed by atoms with Crippen LogP contribution in [0.3, 0.4) is 0 Å². The molecule has 0 heterocycles. The third kappa shape index (κ3) is 4.45. The predicted octanol–water partition coefficient (Wildman–Crippen LogP) is 3.00. The molecule has 1 atom stereocenters. The first-order valence-electron chi connectivity index (χ1n) is 4.83. The van der Waals surface area contributed by atoms with Crippen molar-refractivity contribution < 1.29 is 5.11 Å². The van der Waals surface area contributed by atoms with Gasteiger partial charge in [0.15, 0.2) is 0 Å². The molecular formula is C11H16BrNOS. The monoisotopic (exact) mass is 289 g/mol. The number of rotatable bonds is 5. The van der Waals surface area contributed by atoms with Crippen LogP contribution >= 0.6 is 27.7 Å². The van der Waals surface area contributed by atoms with Crippen LogP contribution in [0.15, 0.2) is 22.7 Å². The highest BCUT2D eigenvalue weighted by Crippen LogP contribution is 2.21. The van der Waals surface area contributed by atoms with Gasteiger partial charge in [0.2, 0.25) is 0 Å². The van der Waals surface area contributed by atoms with Crippen LogP contribution in [0.1, 0.15) is 12.5 Å². The van der Waals surface area contributed by atoms with Crippen LogP contribution < -0.4 is 5.32 Å². The summed E-state index contributed by atoms with van der Waals surface area (Å²) in [5.74, 6) is 1.43. The summed E-state index contributed by atoms with van der Waals surface area (Å²) in [4.78, 5) is 0. The van der Waals surface area contributed by atoms with Gasteiger partial charge in [-0.3, -0.25) is 0 Å². The molecule has 0 aliphatic rings. The molecule has 0 aliphatic heterocycles. The van der Waals surface area contributed by atoms with Crippen LogP contribution in [0.5, 0.6) is 5.75 Å². The van der Waals surface area contributed by atoms with E-state index in [1.807, 2.05) is 23.9 Å². The molecule has 1 aromatic rings. The number of benzene rings is 1. The average Bonchev–Trinajstić information content (AvgIpc) is 2.20. The Morgan fingerprint density at radius 1 is 1.53 bits per heavy atom. The lowest BCUT2D eigenvalue weighted by Crippen LogP contribution is -2.27. The van der Waals surface area contributed by atoms with Crippen LogP contribution in [0.2, 0.25) is 0 Å². The number of halogens is 1. The van der Waals surface area contributed by atoms with Crippen molar-refractivity contribution in [3.05, 3.63) is 28.2 Å². The molecule has 0 saturated heterocycles. The molecule has 1 unspecified atom stereocenters. The molecule has 0 spiro atoms. The van der Waals surface area contributed by atoms with E-state index in [1.54, 1.807) is 6.07 Å². The van der Waals surface area contributed by atoms with Crippen molar-refractivity contribution >= 4 is 27.7 Å². The second-order valence-electron chi connectivity index (χ2n) is 3.51. The van der Waals surface area contributed by atoms with Crippen molar-refractivity contribution in [2.75, 3.05) is 12.0 Å². The second kappa shape index (κ2) is 6.40. The number of phenols is 1. The highest BCUT2D eigenvalue weighted by Gasteiger charge is 2.04. The average molecular weight is 290 g/mol. The largest absolute Gasteiger partial charge is 0.508 e. The molecule has 0 fully saturated rings. The molecule has 2 nitrogen and oxygen atoms in total. The maximum Gasteiger partial charge on any atom is 0.120 e. The maximum absolute atomic E-state index is 9.61. The van der Waals surface area contributed by atoms with Gasteiger partial charge < -0.3 is 10.4 Å². The van der Waals surface area contributed by atoms with Crippen LogP contribution in [0, 0.1) is 0 Å². The van der Waals surface area contributed by atoms with Gasteiger partial charge in [-0.1, -0.05) is 15.9 Å². The lowest BCUT2D eigenvalue weighted by molar-refractivity contribution is 0.461. The summed E-state index contributed by atoms with van der Waals surface area (Å²) in [6.07, 6.45) is 2.09. The van der Waals surface area contributed by atoms with Gasteiger partial charge in [0.1, 0.15) is 5.75 Å². The summed E-state index contributed by atoms with van der Waals surface area (Å²) >= 11 is 5.21. The fourth-order valence-electron chi connectivity index (χ4n) is 1.29. The topological polar surface area (TPSA) is 32.3 Å². The van der Waals surface area contributed by atoms with Gasteiger partial charge in [0, 0.05) is 28.4 Å². The Hall–Kier alpha value is -0.190. The van der Waals surface area contributed by atoms with E-state index in [1.165, 1.54) is 0 Å². The fraction of sp³-hybridized carbons (Fsp3) is 0.455. The summed E-state index contributed by atoms with van der Waals surface area (Å²) in [6, 6.07) is 5.94. The van der Waals surface area contributed by atoms with Gasteiger partial charge in [-0.05, 0) is 31.4 Å². The second-order valence-corrected chi connectivity index (χ2v) is 5.34. The normalized spacial score (nSPS) is 12.7. The first kappa shape index (κ1) is 12.9. The minimum Gasteiger partial charge on any atom is -0.508 e. The molecule has 0 bridgehead atoms. The Morgan fingerprint density at radius 3 is 2.93 bits per heavy atom. The highest BCUT2D eigenvalue weighted by molar-refractivity contribution is 9.10. The zero-order chi connectivity index (χ0) is 11.3. The van der Waals surface area contributed by atoms with Gasteiger partial charge in [-0.15, -0.1) is 0 Å². The molecule has 0 aromatic heterocycles. The van der Waals surface area contributed by atoms with Crippen molar-refractivity contribution in [3.8, 4) is 5.75 Å². The van der Waals surface area contributed by atoms with Crippen LogP contribution in [-0.2, 0) is 6.54 Å². The van der Waals surface area contributed by atoms with Gasteiger partial charge in [0.25, 0.3) is 0 Å². The Bertz CT molecular complexity index is 319. The number of phenolic OH excluding ortho intramolecular Hbond substituents is 1. The molecule has 1 rings (SSSR count). The van der Waals surface area contributed by atoms with Crippen molar-refractivity contribution in [2.45, 2.75) is 19.5 Å². The van der Waals surface area contributed by atoms with E-state index in [-0.39, 0.29) is 0 Å². The molecule has 0 aliphatic carbocycles. The quantitative estimate of drug-likeness (QED) is 0.874. The van der Waals surface area contributed by atoms with Crippen molar-refractivity contribution in [2.24, 2.45) is 0 Å². The number of hydrogen-bond donors (Lipinski definition) is 2.